The number of aryl methyl sites for hydroxylation is 1. The molecule has 2 rings (SSSR count). The van der Waals surface area contributed by atoms with Crippen molar-refractivity contribution in [2.75, 3.05) is 19.7 Å². The maximum Gasteiger partial charge on any atom is 0.251 e. The summed E-state index contributed by atoms with van der Waals surface area (Å²) in [5.74, 6) is -0.0597. The lowest BCUT2D eigenvalue weighted by Gasteiger charge is -2.08. The monoisotopic (exact) mass is 316 g/mol. The third-order valence-corrected chi connectivity index (χ3v) is 3.77. The Bertz CT molecular complexity index is 638. The Morgan fingerprint density at radius 1 is 1.22 bits per heavy atom. The molecule has 3 N–H and O–H groups in total. The fourth-order valence-electron chi connectivity index (χ4n) is 2.47. The number of carbonyl (C=O) groups excluding carboxylic acids is 1. The second kappa shape index (κ2) is 8.45. The van der Waals surface area contributed by atoms with E-state index in [9.17, 15) is 4.79 Å². The first-order valence-corrected chi connectivity index (χ1v) is 7.81. The van der Waals surface area contributed by atoms with Crippen molar-refractivity contribution in [3.63, 3.8) is 0 Å². The number of amides is 1. The van der Waals surface area contributed by atoms with Gasteiger partial charge in [-0.15, -0.1) is 0 Å². The number of nitrogens with zero attached hydrogens (tertiary/aromatic N) is 2. The minimum absolute atomic E-state index is 0.0597. The highest BCUT2D eigenvalue weighted by Gasteiger charge is 2.10. The zero-order chi connectivity index (χ0) is 16.7. The van der Waals surface area contributed by atoms with Crippen molar-refractivity contribution in [2.24, 2.45) is 0 Å². The largest absolute Gasteiger partial charge is 0.394 e. The molecule has 1 aromatic carbocycles. The van der Waals surface area contributed by atoms with E-state index >= 15 is 0 Å². The lowest BCUT2D eigenvalue weighted by molar-refractivity contribution is 0.0954. The van der Waals surface area contributed by atoms with E-state index in [0.717, 1.165) is 17.0 Å². The van der Waals surface area contributed by atoms with Gasteiger partial charge >= 0.3 is 0 Å². The Morgan fingerprint density at radius 2 is 1.96 bits per heavy atom. The van der Waals surface area contributed by atoms with Crippen LogP contribution in [-0.2, 0) is 13.1 Å². The Balaban J connectivity index is 1.75. The molecule has 23 heavy (non-hydrogen) atoms. The fraction of sp³-hybridized carbons (Fsp3) is 0.412. The highest BCUT2D eigenvalue weighted by atomic mass is 16.3. The highest BCUT2D eigenvalue weighted by molar-refractivity contribution is 5.94. The first-order chi connectivity index (χ1) is 11.1. The molecule has 2 aromatic rings. The minimum atomic E-state index is -0.0597. The van der Waals surface area contributed by atoms with Gasteiger partial charge in [-0.3, -0.25) is 9.48 Å². The standard InChI is InChI=1S/C17H24N4O2/c1-13-16(14(2)21(20-13)10-11-22)12-18-8-9-19-17(23)15-6-4-3-5-7-15/h3-7,18,22H,8-12H2,1-2H3,(H,19,23). The van der Waals surface area contributed by atoms with Gasteiger partial charge in [-0.25, -0.2) is 0 Å². The molecule has 124 valence electrons. The average Bonchev–Trinajstić information content (AvgIpc) is 2.83. The third-order valence-electron chi connectivity index (χ3n) is 3.77. The van der Waals surface area contributed by atoms with Gasteiger partial charge in [-0.05, 0) is 26.0 Å². The quantitative estimate of drug-likeness (QED) is 0.635. The first kappa shape index (κ1) is 17.2. The van der Waals surface area contributed by atoms with Gasteiger partial charge < -0.3 is 15.7 Å². The van der Waals surface area contributed by atoms with E-state index in [0.29, 0.717) is 31.7 Å². The summed E-state index contributed by atoms with van der Waals surface area (Å²) >= 11 is 0. The van der Waals surface area contributed by atoms with Gasteiger partial charge in [-0.1, -0.05) is 18.2 Å². The van der Waals surface area contributed by atoms with E-state index in [2.05, 4.69) is 15.7 Å². The molecular weight excluding hydrogens is 292 g/mol. The number of aliphatic hydroxyl groups is 1. The van der Waals surface area contributed by atoms with Crippen LogP contribution >= 0.6 is 0 Å². The van der Waals surface area contributed by atoms with Crippen molar-refractivity contribution in [3.05, 3.63) is 52.8 Å². The van der Waals surface area contributed by atoms with Crippen LogP contribution in [0.25, 0.3) is 0 Å². The zero-order valence-electron chi connectivity index (χ0n) is 13.7. The Labute approximate surface area is 136 Å². The van der Waals surface area contributed by atoms with Gasteiger partial charge in [0.25, 0.3) is 5.91 Å². The molecule has 0 aliphatic heterocycles. The van der Waals surface area contributed by atoms with E-state index in [4.69, 9.17) is 5.11 Å². The number of benzene rings is 1. The van der Waals surface area contributed by atoms with E-state index in [-0.39, 0.29) is 12.5 Å². The van der Waals surface area contributed by atoms with Crippen molar-refractivity contribution >= 4 is 5.91 Å². The predicted molar refractivity (Wildman–Crippen MR) is 89.3 cm³/mol. The SMILES string of the molecule is Cc1nn(CCO)c(C)c1CNCCNC(=O)c1ccccc1. The summed E-state index contributed by atoms with van der Waals surface area (Å²) < 4.78 is 1.82. The molecule has 0 spiro atoms. The van der Waals surface area contributed by atoms with E-state index in [1.54, 1.807) is 12.1 Å². The number of hydrogen-bond acceptors (Lipinski definition) is 4. The Morgan fingerprint density at radius 3 is 2.65 bits per heavy atom. The average molecular weight is 316 g/mol. The van der Waals surface area contributed by atoms with Gasteiger partial charge in [0.2, 0.25) is 0 Å². The smallest absolute Gasteiger partial charge is 0.251 e. The molecule has 0 radical (unpaired) electrons. The molecule has 1 aromatic heterocycles. The summed E-state index contributed by atoms with van der Waals surface area (Å²) in [4.78, 5) is 11.9. The van der Waals surface area contributed by atoms with Crippen LogP contribution in [0.15, 0.2) is 30.3 Å². The third kappa shape index (κ3) is 4.64. The number of carbonyl (C=O) groups is 1. The van der Waals surface area contributed by atoms with E-state index in [1.807, 2.05) is 36.7 Å². The minimum Gasteiger partial charge on any atom is -0.394 e. The van der Waals surface area contributed by atoms with Crippen molar-refractivity contribution in [2.45, 2.75) is 26.9 Å². The maximum atomic E-state index is 11.9. The summed E-state index contributed by atoms with van der Waals surface area (Å²) in [6, 6.07) is 9.18. The van der Waals surface area contributed by atoms with Crippen molar-refractivity contribution in [1.82, 2.24) is 20.4 Å². The van der Waals surface area contributed by atoms with Crippen LogP contribution in [-0.4, -0.2) is 40.5 Å². The van der Waals surface area contributed by atoms with Crippen LogP contribution in [0.2, 0.25) is 0 Å². The molecule has 0 saturated heterocycles. The second-order valence-corrected chi connectivity index (χ2v) is 5.39. The van der Waals surface area contributed by atoms with Gasteiger partial charge in [0.05, 0.1) is 18.8 Å². The molecule has 0 atom stereocenters. The van der Waals surface area contributed by atoms with Gasteiger partial charge in [0, 0.05) is 36.5 Å². The molecule has 0 fully saturated rings. The summed E-state index contributed by atoms with van der Waals surface area (Å²) in [6.07, 6.45) is 0. The summed E-state index contributed by atoms with van der Waals surface area (Å²) in [6.45, 7) is 6.52. The van der Waals surface area contributed by atoms with Crippen molar-refractivity contribution in [1.29, 1.82) is 0 Å². The maximum absolute atomic E-state index is 11.9. The van der Waals surface area contributed by atoms with Gasteiger partial charge in [0.1, 0.15) is 0 Å². The van der Waals surface area contributed by atoms with Crippen LogP contribution in [0.3, 0.4) is 0 Å². The lowest BCUT2D eigenvalue weighted by Crippen LogP contribution is -2.31. The Hall–Kier alpha value is -2.18. The number of aliphatic hydroxyl groups excluding tert-OH is 1. The Kier molecular flexibility index (Phi) is 6.31. The highest BCUT2D eigenvalue weighted by Crippen LogP contribution is 2.12. The van der Waals surface area contributed by atoms with E-state index in [1.165, 1.54) is 0 Å². The van der Waals surface area contributed by atoms with Crippen LogP contribution < -0.4 is 10.6 Å². The molecule has 6 nitrogen and oxygen atoms in total. The number of rotatable bonds is 8. The molecule has 0 aliphatic carbocycles. The van der Waals surface area contributed by atoms with Crippen molar-refractivity contribution < 1.29 is 9.90 Å². The van der Waals surface area contributed by atoms with Crippen LogP contribution in [0.5, 0.6) is 0 Å². The zero-order valence-corrected chi connectivity index (χ0v) is 13.7. The predicted octanol–water partition coefficient (Wildman–Crippen LogP) is 1.01. The number of aromatic nitrogens is 2. The molecule has 0 bridgehead atoms. The topological polar surface area (TPSA) is 79.2 Å². The van der Waals surface area contributed by atoms with Crippen LogP contribution in [0.4, 0.5) is 0 Å². The van der Waals surface area contributed by atoms with E-state index < -0.39 is 0 Å². The summed E-state index contributed by atoms with van der Waals surface area (Å²) in [5, 5.41) is 19.6. The normalized spacial score (nSPS) is 10.7. The fourth-order valence-corrected chi connectivity index (χ4v) is 2.47. The van der Waals surface area contributed by atoms with Gasteiger partial charge in [-0.2, -0.15) is 5.10 Å². The molecule has 0 unspecified atom stereocenters. The second-order valence-electron chi connectivity index (χ2n) is 5.39. The molecule has 1 amide bonds. The first-order valence-electron chi connectivity index (χ1n) is 7.81. The van der Waals surface area contributed by atoms with Crippen LogP contribution in [0, 0.1) is 13.8 Å². The lowest BCUT2D eigenvalue weighted by atomic mass is 10.2. The molecule has 1 heterocycles. The summed E-state index contributed by atoms with van der Waals surface area (Å²) in [5.41, 5.74) is 3.85. The van der Waals surface area contributed by atoms with Gasteiger partial charge in [0.15, 0.2) is 0 Å². The van der Waals surface area contributed by atoms with Crippen LogP contribution in [0.1, 0.15) is 27.3 Å². The molecule has 0 aliphatic rings. The molecule has 0 saturated carbocycles. The molecule has 6 heteroatoms. The number of hydrogen-bond donors (Lipinski definition) is 3. The summed E-state index contributed by atoms with van der Waals surface area (Å²) in [7, 11) is 0. The molecular formula is C17H24N4O2. The van der Waals surface area contributed by atoms with Crippen molar-refractivity contribution in [3.8, 4) is 0 Å². The number of nitrogens with one attached hydrogen (secondary N) is 2.